The summed E-state index contributed by atoms with van der Waals surface area (Å²) in [6, 6.07) is 21.5. The van der Waals surface area contributed by atoms with Gasteiger partial charge in [-0.1, -0.05) is 36.4 Å². The van der Waals surface area contributed by atoms with Gasteiger partial charge in [0.1, 0.15) is 0 Å². The molecule has 9 nitrogen and oxygen atoms in total. The molecule has 37 heavy (non-hydrogen) atoms. The van der Waals surface area contributed by atoms with E-state index in [9.17, 15) is 22.8 Å². The number of hydrogen-bond acceptors (Lipinski definition) is 6. The smallest absolute Gasteiger partial charge is 0.272 e. The number of nitrogens with zero attached hydrogens (tertiary/aromatic N) is 1. The molecular weight excluding hydrogens is 492 g/mol. The van der Waals surface area contributed by atoms with Crippen LogP contribution in [-0.4, -0.2) is 51.8 Å². The molecule has 4 rings (SSSR count). The molecule has 1 heterocycles. The molecule has 1 fully saturated rings. The SMILES string of the molecule is O=C(CNC(=O)c1ccc(S(=O)(=O)N(C(=O)c2ccccc2)c2ccccc2)cc1)NC1CCNCC1. The summed E-state index contributed by atoms with van der Waals surface area (Å²) in [5, 5.41) is 8.67. The van der Waals surface area contributed by atoms with Crippen LogP contribution < -0.4 is 20.3 Å². The Morgan fingerprint density at radius 1 is 0.811 bits per heavy atom. The van der Waals surface area contributed by atoms with E-state index < -0.39 is 21.8 Å². The number of anilines is 1. The molecule has 0 saturated carbocycles. The Morgan fingerprint density at radius 2 is 1.41 bits per heavy atom. The molecule has 192 valence electrons. The van der Waals surface area contributed by atoms with E-state index in [1.807, 2.05) is 0 Å². The number of rotatable bonds is 8. The van der Waals surface area contributed by atoms with Gasteiger partial charge in [-0.15, -0.1) is 0 Å². The van der Waals surface area contributed by atoms with Gasteiger partial charge in [0.25, 0.3) is 21.8 Å². The van der Waals surface area contributed by atoms with Crippen molar-refractivity contribution in [3.63, 3.8) is 0 Å². The quantitative estimate of drug-likeness (QED) is 0.419. The van der Waals surface area contributed by atoms with Gasteiger partial charge < -0.3 is 16.0 Å². The van der Waals surface area contributed by atoms with E-state index in [1.54, 1.807) is 48.5 Å². The lowest BCUT2D eigenvalue weighted by atomic mass is 10.1. The molecule has 10 heteroatoms. The largest absolute Gasteiger partial charge is 0.352 e. The Bertz CT molecular complexity index is 1340. The molecule has 1 aliphatic rings. The normalized spacial score (nSPS) is 13.9. The molecule has 3 aromatic carbocycles. The molecule has 0 radical (unpaired) electrons. The molecule has 3 amide bonds. The zero-order valence-electron chi connectivity index (χ0n) is 20.1. The van der Waals surface area contributed by atoms with Gasteiger partial charge in [-0.3, -0.25) is 14.4 Å². The Morgan fingerprint density at radius 3 is 2.03 bits per heavy atom. The summed E-state index contributed by atoms with van der Waals surface area (Å²) in [4.78, 5) is 37.8. The fourth-order valence-electron chi connectivity index (χ4n) is 4.02. The summed E-state index contributed by atoms with van der Waals surface area (Å²) in [6.45, 7) is 1.49. The molecule has 1 aliphatic heterocycles. The number of para-hydroxylation sites is 1. The first-order valence-corrected chi connectivity index (χ1v) is 13.4. The predicted octanol–water partition coefficient (Wildman–Crippen LogP) is 2.32. The van der Waals surface area contributed by atoms with Crippen LogP contribution in [0.25, 0.3) is 0 Å². The highest BCUT2D eigenvalue weighted by Crippen LogP contribution is 2.26. The van der Waals surface area contributed by atoms with Crippen LogP contribution in [0, 0.1) is 0 Å². The molecule has 0 bridgehead atoms. The van der Waals surface area contributed by atoms with Crippen molar-refractivity contribution in [1.82, 2.24) is 16.0 Å². The fraction of sp³-hybridized carbons (Fsp3) is 0.222. The summed E-state index contributed by atoms with van der Waals surface area (Å²) < 4.78 is 27.9. The first kappa shape index (κ1) is 26.1. The van der Waals surface area contributed by atoms with Gasteiger partial charge in [-0.2, -0.15) is 4.31 Å². The molecule has 1 saturated heterocycles. The van der Waals surface area contributed by atoms with Gasteiger partial charge in [0.05, 0.1) is 17.1 Å². The van der Waals surface area contributed by atoms with Crippen LogP contribution in [0.3, 0.4) is 0 Å². The molecule has 0 spiro atoms. The van der Waals surface area contributed by atoms with Crippen molar-refractivity contribution in [2.75, 3.05) is 23.9 Å². The second-order valence-electron chi connectivity index (χ2n) is 8.58. The summed E-state index contributed by atoms with van der Waals surface area (Å²) in [7, 11) is -4.30. The van der Waals surface area contributed by atoms with E-state index in [0.717, 1.165) is 30.2 Å². The molecule has 0 atom stereocenters. The van der Waals surface area contributed by atoms with Crippen molar-refractivity contribution in [3.8, 4) is 0 Å². The number of sulfonamides is 1. The van der Waals surface area contributed by atoms with Gasteiger partial charge in [-0.05, 0) is 74.5 Å². The van der Waals surface area contributed by atoms with Crippen LogP contribution in [-0.2, 0) is 14.8 Å². The van der Waals surface area contributed by atoms with Crippen molar-refractivity contribution in [3.05, 3.63) is 96.1 Å². The molecule has 3 aromatic rings. The lowest BCUT2D eigenvalue weighted by Crippen LogP contribution is -2.46. The van der Waals surface area contributed by atoms with Crippen LogP contribution in [0.15, 0.2) is 89.8 Å². The highest BCUT2D eigenvalue weighted by Gasteiger charge is 2.32. The van der Waals surface area contributed by atoms with E-state index in [1.165, 1.54) is 36.4 Å². The third-order valence-electron chi connectivity index (χ3n) is 5.96. The van der Waals surface area contributed by atoms with Crippen LogP contribution >= 0.6 is 0 Å². The van der Waals surface area contributed by atoms with Gasteiger partial charge >= 0.3 is 0 Å². The Hall–Kier alpha value is -4.02. The first-order chi connectivity index (χ1) is 17.9. The van der Waals surface area contributed by atoms with E-state index >= 15 is 0 Å². The Kier molecular flexibility index (Phi) is 8.32. The van der Waals surface area contributed by atoms with Crippen molar-refractivity contribution in [2.45, 2.75) is 23.8 Å². The summed E-state index contributed by atoms with van der Waals surface area (Å²) >= 11 is 0. The maximum Gasteiger partial charge on any atom is 0.272 e. The summed E-state index contributed by atoms with van der Waals surface area (Å²) in [5.74, 6) is -1.49. The standard InChI is InChI=1S/C27H28N4O5S/c32-25(30-22-15-17-28-18-16-22)19-29-26(33)20-11-13-24(14-12-20)37(35,36)31(23-9-5-2-6-10-23)27(34)21-7-3-1-4-8-21/h1-14,22,28H,15-19H2,(H,29,33)(H,30,32). The number of carbonyl (C=O) groups is 3. The summed E-state index contributed by atoms with van der Waals surface area (Å²) in [5.41, 5.74) is 0.598. The van der Waals surface area contributed by atoms with E-state index in [2.05, 4.69) is 16.0 Å². The zero-order valence-corrected chi connectivity index (χ0v) is 20.9. The van der Waals surface area contributed by atoms with Gasteiger partial charge in [0.2, 0.25) is 5.91 Å². The monoisotopic (exact) mass is 520 g/mol. The van der Waals surface area contributed by atoms with Crippen LogP contribution in [0.5, 0.6) is 0 Å². The summed E-state index contributed by atoms with van der Waals surface area (Å²) in [6.07, 6.45) is 1.67. The number of nitrogens with one attached hydrogen (secondary N) is 3. The number of carbonyl (C=O) groups excluding carboxylic acids is 3. The maximum absolute atomic E-state index is 13.6. The van der Waals surface area contributed by atoms with E-state index in [-0.39, 0.29) is 40.2 Å². The first-order valence-electron chi connectivity index (χ1n) is 11.9. The molecule has 0 aromatic heterocycles. The molecule has 3 N–H and O–H groups in total. The highest BCUT2D eigenvalue weighted by atomic mass is 32.2. The average molecular weight is 521 g/mol. The third-order valence-corrected chi connectivity index (χ3v) is 7.69. The average Bonchev–Trinajstić information content (AvgIpc) is 2.93. The van der Waals surface area contributed by atoms with Gasteiger partial charge in [-0.25, -0.2) is 8.42 Å². The topological polar surface area (TPSA) is 125 Å². The Balaban J connectivity index is 1.48. The second kappa shape index (κ2) is 11.8. The second-order valence-corrected chi connectivity index (χ2v) is 10.4. The minimum Gasteiger partial charge on any atom is -0.352 e. The Labute approximate surface area is 215 Å². The minimum atomic E-state index is -4.30. The van der Waals surface area contributed by atoms with E-state index in [4.69, 9.17) is 0 Å². The van der Waals surface area contributed by atoms with E-state index in [0.29, 0.717) is 0 Å². The van der Waals surface area contributed by atoms with Crippen molar-refractivity contribution in [2.24, 2.45) is 0 Å². The lowest BCUT2D eigenvalue weighted by Gasteiger charge is -2.23. The van der Waals surface area contributed by atoms with Crippen molar-refractivity contribution < 1.29 is 22.8 Å². The van der Waals surface area contributed by atoms with Crippen molar-refractivity contribution >= 4 is 33.4 Å². The molecular formula is C27H28N4O5S. The fourth-order valence-corrected chi connectivity index (χ4v) is 5.43. The molecule has 0 unspecified atom stereocenters. The minimum absolute atomic E-state index is 0.0845. The number of piperidine rings is 1. The van der Waals surface area contributed by atoms with Gasteiger partial charge in [0, 0.05) is 17.2 Å². The predicted molar refractivity (Wildman–Crippen MR) is 140 cm³/mol. The third kappa shape index (κ3) is 6.41. The van der Waals surface area contributed by atoms with Crippen LogP contribution in [0.1, 0.15) is 33.6 Å². The zero-order chi connectivity index (χ0) is 26.3. The van der Waals surface area contributed by atoms with Crippen LogP contribution in [0.4, 0.5) is 5.69 Å². The number of benzene rings is 3. The molecule has 0 aliphatic carbocycles. The van der Waals surface area contributed by atoms with Crippen molar-refractivity contribution in [1.29, 1.82) is 0 Å². The van der Waals surface area contributed by atoms with Gasteiger partial charge in [0.15, 0.2) is 0 Å². The van der Waals surface area contributed by atoms with Crippen LogP contribution in [0.2, 0.25) is 0 Å². The highest BCUT2D eigenvalue weighted by molar-refractivity contribution is 7.93. The lowest BCUT2D eigenvalue weighted by molar-refractivity contribution is -0.121. The number of amides is 3. The number of hydrogen-bond donors (Lipinski definition) is 3. The maximum atomic E-state index is 13.6.